The van der Waals surface area contributed by atoms with Crippen LogP contribution in [-0.4, -0.2) is 7.05 Å². The van der Waals surface area contributed by atoms with Crippen LogP contribution in [0.5, 0.6) is 5.75 Å². The Labute approximate surface area is 161 Å². The maximum absolute atomic E-state index is 9.10. The minimum atomic E-state index is 0.532. The van der Waals surface area contributed by atoms with Crippen molar-refractivity contribution in [2.75, 3.05) is 12.4 Å². The molecule has 0 amide bonds. The van der Waals surface area contributed by atoms with Gasteiger partial charge in [0.15, 0.2) is 0 Å². The molecule has 3 heteroatoms. The lowest BCUT2D eigenvalue weighted by atomic mass is 10.0. The van der Waals surface area contributed by atoms with Crippen molar-refractivity contribution < 1.29 is 4.74 Å². The first-order valence-electron chi connectivity index (χ1n) is 9.18. The van der Waals surface area contributed by atoms with Crippen molar-refractivity contribution in [1.29, 1.82) is 5.26 Å². The molecular formula is C24H24N2O. The van der Waals surface area contributed by atoms with Crippen LogP contribution < -0.4 is 10.1 Å². The van der Waals surface area contributed by atoms with Crippen molar-refractivity contribution in [3.05, 3.63) is 82.9 Å². The van der Waals surface area contributed by atoms with Gasteiger partial charge in [-0.15, -0.1) is 0 Å². The Balaban J connectivity index is 1.83. The van der Waals surface area contributed by atoms with E-state index in [0.29, 0.717) is 12.2 Å². The van der Waals surface area contributed by atoms with Crippen molar-refractivity contribution in [1.82, 2.24) is 0 Å². The lowest BCUT2D eigenvalue weighted by molar-refractivity contribution is 0.303. The van der Waals surface area contributed by atoms with Crippen LogP contribution in [0, 0.1) is 18.3 Å². The van der Waals surface area contributed by atoms with Gasteiger partial charge in [0.25, 0.3) is 0 Å². The summed E-state index contributed by atoms with van der Waals surface area (Å²) < 4.78 is 6.15. The van der Waals surface area contributed by atoms with Crippen LogP contribution in [0.25, 0.3) is 11.1 Å². The number of anilines is 1. The van der Waals surface area contributed by atoms with Gasteiger partial charge in [-0.2, -0.15) is 5.26 Å². The molecule has 0 atom stereocenters. The molecule has 0 radical (unpaired) electrons. The highest BCUT2D eigenvalue weighted by molar-refractivity contribution is 5.67. The molecular weight excluding hydrogens is 332 g/mol. The van der Waals surface area contributed by atoms with Crippen LogP contribution >= 0.6 is 0 Å². The van der Waals surface area contributed by atoms with Crippen molar-refractivity contribution in [2.45, 2.75) is 26.9 Å². The molecule has 0 saturated heterocycles. The van der Waals surface area contributed by atoms with Crippen LogP contribution in [0.1, 0.15) is 29.2 Å². The van der Waals surface area contributed by atoms with E-state index in [1.807, 2.05) is 43.4 Å². The van der Waals surface area contributed by atoms with Crippen molar-refractivity contribution >= 4 is 5.69 Å². The molecule has 3 aromatic carbocycles. The first-order chi connectivity index (χ1) is 13.2. The molecule has 3 nitrogen and oxygen atoms in total. The zero-order valence-electron chi connectivity index (χ0n) is 16.0. The molecule has 1 N–H and O–H groups in total. The predicted octanol–water partition coefficient (Wildman–Crippen LogP) is 5.72. The SMILES string of the molecule is CCc1cccc(NC)c1COc1ccc(-c2cccc(C#N)c2)cc1C. The third-order valence-electron chi connectivity index (χ3n) is 4.80. The van der Waals surface area contributed by atoms with E-state index in [2.05, 4.69) is 49.5 Å². The molecule has 0 heterocycles. The van der Waals surface area contributed by atoms with E-state index >= 15 is 0 Å². The maximum atomic E-state index is 9.10. The fraction of sp³-hybridized carbons (Fsp3) is 0.208. The molecule has 0 bridgehead atoms. The standard InChI is InChI=1S/C24H24N2O/c1-4-19-8-6-10-23(26-3)22(19)16-27-24-12-11-21(13-17(24)2)20-9-5-7-18(14-20)15-25/h5-14,26H,4,16H2,1-3H3. The van der Waals surface area contributed by atoms with E-state index in [4.69, 9.17) is 10.00 Å². The quantitative estimate of drug-likeness (QED) is 0.614. The molecule has 0 aromatic heterocycles. The summed E-state index contributed by atoms with van der Waals surface area (Å²) in [6, 6.07) is 22.3. The summed E-state index contributed by atoms with van der Waals surface area (Å²) in [5, 5.41) is 12.4. The predicted molar refractivity (Wildman–Crippen MR) is 111 cm³/mol. The lowest BCUT2D eigenvalue weighted by Crippen LogP contribution is -2.05. The third-order valence-corrected chi connectivity index (χ3v) is 4.80. The summed E-state index contributed by atoms with van der Waals surface area (Å²) in [4.78, 5) is 0. The van der Waals surface area contributed by atoms with Gasteiger partial charge in [0.05, 0.1) is 11.6 Å². The molecule has 0 aliphatic carbocycles. The monoisotopic (exact) mass is 356 g/mol. The number of rotatable bonds is 6. The van der Waals surface area contributed by atoms with Crippen LogP contribution in [0.4, 0.5) is 5.69 Å². The largest absolute Gasteiger partial charge is 0.489 e. The zero-order valence-corrected chi connectivity index (χ0v) is 16.0. The highest BCUT2D eigenvalue weighted by Gasteiger charge is 2.09. The van der Waals surface area contributed by atoms with Gasteiger partial charge in [0, 0.05) is 18.3 Å². The van der Waals surface area contributed by atoms with E-state index in [0.717, 1.165) is 34.5 Å². The summed E-state index contributed by atoms with van der Waals surface area (Å²) in [7, 11) is 1.94. The van der Waals surface area contributed by atoms with Gasteiger partial charge in [-0.25, -0.2) is 0 Å². The van der Waals surface area contributed by atoms with Crippen molar-refractivity contribution in [2.24, 2.45) is 0 Å². The van der Waals surface area contributed by atoms with Crippen LogP contribution in [0.2, 0.25) is 0 Å². The molecule has 0 saturated carbocycles. The van der Waals surface area contributed by atoms with Crippen molar-refractivity contribution in [3.8, 4) is 22.9 Å². The first kappa shape index (κ1) is 18.5. The number of nitrogens with zero attached hydrogens (tertiary/aromatic N) is 1. The Kier molecular flexibility index (Phi) is 5.78. The van der Waals surface area contributed by atoms with Gasteiger partial charge in [-0.1, -0.05) is 37.3 Å². The highest BCUT2D eigenvalue weighted by atomic mass is 16.5. The second kappa shape index (κ2) is 8.42. The molecule has 27 heavy (non-hydrogen) atoms. The number of benzene rings is 3. The van der Waals surface area contributed by atoms with E-state index in [9.17, 15) is 0 Å². The first-order valence-corrected chi connectivity index (χ1v) is 9.18. The highest BCUT2D eigenvalue weighted by Crippen LogP contribution is 2.29. The lowest BCUT2D eigenvalue weighted by Gasteiger charge is -2.16. The Morgan fingerprint density at radius 3 is 2.48 bits per heavy atom. The normalized spacial score (nSPS) is 10.3. The number of ether oxygens (including phenoxy) is 1. The molecule has 0 aliphatic heterocycles. The molecule has 0 aliphatic rings. The van der Waals surface area contributed by atoms with Gasteiger partial charge >= 0.3 is 0 Å². The smallest absolute Gasteiger partial charge is 0.122 e. The van der Waals surface area contributed by atoms with E-state index in [-0.39, 0.29) is 0 Å². The topological polar surface area (TPSA) is 45.0 Å². The number of aryl methyl sites for hydroxylation is 2. The Morgan fingerprint density at radius 2 is 1.78 bits per heavy atom. The molecule has 136 valence electrons. The van der Waals surface area contributed by atoms with Crippen LogP contribution in [-0.2, 0) is 13.0 Å². The Morgan fingerprint density at radius 1 is 1.00 bits per heavy atom. The molecule has 0 unspecified atom stereocenters. The minimum Gasteiger partial charge on any atom is -0.489 e. The molecule has 3 rings (SSSR count). The minimum absolute atomic E-state index is 0.532. The Bertz CT molecular complexity index is 964. The Hall–Kier alpha value is -3.25. The summed E-state index contributed by atoms with van der Waals surface area (Å²) in [5.41, 5.74) is 7.48. The number of hydrogen-bond acceptors (Lipinski definition) is 3. The van der Waals surface area contributed by atoms with Crippen LogP contribution in [0.15, 0.2) is 60.7 Å². The van der Waals surface area contributed by atoms with E-state index < -0.39 is 0 Å². The summed E-state index contributed by atoms with van der Waals surface area (Å²) in [5.74, 6) is 0.878. The number of hydrogen-bond donors (Lipinski definition) is 1. The van der Waals surface area contributed by atoms with Gasteiger partial charge in [0.2, 0.25) is 0 Å². The summed E-state index contributed by atoms with van der Waals surface area (Å²) in [6.45, 7) is 4.75. The summed E-state index contributed by atoms with van der Waals surface area (Å²) in [6.07, 6.45) is 0.974. The maximum Gasteiger partial charge on any atom is 0.122 e. The fourth-order valence-electron chi connectivity index (χ4n) is 3.28. The van der Waals surface area contributed by atoms with Crippen molar-refractivity contribution in [3.63, 3.8) is 0 Å². The zero-order chi connectivity index (χ0) is 19.2. The van der Waals surface area contributed by atoms with Gasteiger partial charge in [-0.05, 0) is 65.9 Å². The molecule has 3 aromatic rings. The summed E-state index contributed by atoms with van der Waals surface area (Å²) >= 11 is 0. The average molecular weight is 356 g/mol. The average Bonchev–Trinajstić information content (AvgIpc) is 2.72. The number of nitriles is 1. The van der Waals surface area contributed by atoms with Gasteiger partial charge < -0.3 is 10.1 Å². The molecule has 0 spiro atoms. The number of nitrogens with one attached hydrogen (secondary N) is 1. The third kappa shape index (κ3) is 4.12. The van der Waals surface area contributed by atoms with E-state index in [1.165, 1.54) is 11.1 Å². The van der Waals surface area contributed by atoms with Crippen LogP contribution in [0.3, 0.4) is 0 Å². The van der Waals surface area contributed by atoms with Gasteiger partial charge in [-0.3, -0.25) is 0 Å². The fourth-order valence-corrected chi connectivity index (χ4v) is 3.28. The van der Waals surface area contributed by atoms with E-state index in [1.54, 1.807) is 0 Å². The second-order valence-electron chi connectivity index (χ2n) is 6.51. The second-order valence-corrected chi connectivity index (χ2v) is 6.51. The van der Waals surface area contributed by atoms with Gasteiger partial charge in [0.1, 0.15) is 12.4 Å². The molecule has 0 fully saturated rings.